The predicted molar refractivity (Wildman–Crippen MR) is 76.9 cm³/mol. The van der Waals surface area contributed by atoms with E-state index in [9.17, 15) is 4.79 Å². The molecule has 0 unspecified atom stereocenters. The first kappa shape index (κ1) is 13.3. The normalized spacial score (nSPS) is 19.3. The number of rotatable bonds is 2. The Balaban J connectivity index is 1.77. The summed E-state index contributed by atoms with van der Waals surface area (Å²) in [6.45, 7) is 3.70. The van der Waals surface area contributed by atoms with Crippen molar-refractivity contribution >= 4 is 17.2 Å². The van der Waals surface area contributed by atoms with E-state index in [1.54, 1.807) is 0 Å². The lowest BCUT2D eigenvalue weighted by Crippen LogP contribution is -2.42. The highest BCUT2D eigenvalue weighted by atomic mass is 32.1. The van der Waals surface area contributed by atoms with E-state index in [4.69, 9.17) is 4.74 Å². The van der Waals surface area contributed by atoms with Crippen LogP contribution in [0.4, 0.5) is 0 Å². The molecule has 0 radical (unpaired) electrons. The largest absolute Gasteiger partial charge is 0.367 e. The van der Waals surface area contributed by atoms with Gasteiger partial charge < -0.3 is 14.2 Å². The van der Waals surface area contributed by atoms with Crippen molar-refractivity contribution in [1.29, 1.82) is 0 Å². The number of thiophene rings is 1. The Morgan fingerprint density at radius 1 is 1.55 bits per heavy atom. The van der Waals surface area contributed by atoms with Crippen LogP contribution in [0.15, 0.2) is 23.7 Å². The minimum atomic E-state index is -0.147. The van der Waals surface area contributed by atoms with Crippen LogP contribution in [0.5, 0.6) is 0 Å². The Bertz CT molecular complexity index is 606. The number of nitrogens with zero attached hydrogens (tertiary/aromatic N) is 3. The van der Waals surface area contributed by atoms with Gasteiger partial charge in [0.25, 0.3) is 5.91 Å². The van der Waals surface area contributed by atoms with Crippen LogP contribution in [0.25, 0.3) is 0 Å². The van der Waals surface area contributed by atoms with Gasteiger partial charge in [-0.25, -0.2) is 4.98 Å². The summed E-state index contributed by atoms with van der Waals surface area (Å²) in [5, 5.41) is 1.92. The highest BCUT2D eigenvalue weighted by Crippen LogP contribution is 2.23. The topological polar surface area (TPSA) is 47.4 Å². The number of carbonyl (C=O) groups is 1. The van der Waals surface area contributed by atoms with Crippen molar-refractivity contribution in [2.75, 3.05) is 19.7 Å². The average molecular weight is 291 g/mol. The van der Waals surface area contributed by atoms with Crippen LogP contribution in [0.3, 0.4) is 0 Å². The summed E-state index contributed by atoms with van der Waals surface area (Å²) in [5.74, 6) is 0.963. The van der Waals surface area contributed by atoms with E-state index in [2.05, 4.69) is 4.98 Å². The van der Waals surface area contributed by atoms with Gasteiger partial charge in [0.15, 0.2) is 0 Å². The first-order valence-corrected chi connectivity index (χ1v) is 7.47. The lowest BCUT2D eigenvalue weighted by molar-refractivity contribution is -0.0277. The summed E-state index contributed by atoms with van der Waals surface area (Å²) < 4.78 is 7.75. The minimum Gasteiger partial charge on any atom is -0.367 e. The molecule has 1 saturated heterocycles. The van der Waals surface area contributed by atoms with Crippen LogP contribution in [0.1, 0.15) is 27.3 Å². The molecule has 0 aliphatic carbocycles. The summed E-state index contributed by atoms with van der Waals surface area (Å²) in [4.78, 5) is 19.5. The fourth-order valence-corrected chi connectivity index (χ4v) is 3.17. The predicted octanol–water partition coefficient (Wildman–Crippen LogP) is 2.00. The lowest BCUT2D eigenvalue weighted by Gasteiger charge is -2.32. The molecule has 2 aromatic rings. The van der Waals surface area contributed by atoms with Crippen molar-refractivity contribution < 1.29 is 9.53 Å². The maximum Gasteiger partial charge on any atom is 0.264 e. The second kappa shape index (κ2) is 5.38. The van der Waals surface area contributed by atoms with Crippen LogP contribution in [-0.4, -0.2) is 40.1 Å². The summed E-state index contributed by atoms with van der Waals surface area (Å²) >= 11 is 1.48. The van der Waals surface area contributed by atoms with E-state index in [-0.39, 0.29) is 12.0 Å². The van der Waals surface area contributed by atoms with E-state index < -0.39 is 0 Å². The van der Waals surface area contributed by atoms with Crippen molar-refractivity contribution in [3.63, 3.8) is 0 Å². The first-order chi connectivity index (χ1) is 9.65. The van der Waals surface area contributed by atoms with Crippen LogP contribution in [0.2, 0.25) is 0 Å². The van der Waals surface area contributed by atoms with Gasteiger partial charge >= 0.3 is 0 Å². The minimum absolute atomic E-state index is 0.0826. The van der Waals surface area contributed by atoms with Gasteiger partial charge in [0, 0.05) is 19.8 Å². The summed E-state index contributed by atoms with van der Waals surface area (Å²) in [7, 11) is 1.96. The number of amides is 1. The van der Waals surface area contributed by atoms with E-state index >= 15 is 0 Å². The van der Waals surface area contributed by atoms with E-state index in [1.807, 2.05) is 47.1 Å². The van der Waals surface area contributed by atoms with Crippen LogP contribution in [-0.2, 0) is 11.8 Å². The third kappa shape index (κ3) is 2.48. The van der Waals surface area contributed by atoms with Crippen molar-refractivity contribution in [2.45, 2.75) is 13.0 Å². The second-order valence-electron chi connectivity index (χ2n) is 4.94. The molecule has 2 aromatic heterocycles. The molecule has 20 heavy (non-hydrogen) atoms. The zero-order chi connectivity index (χ0) is 14.1. The Morgan fingerprint density at radius 3 is 3.05 bits per heavy atom. The number of ether oxygens (including phenoxy) is 1. The van der Waals surface area contributed by atoms with Gasteiger partial charge in [-0.1, -0.05) is 6.07 Å². The first-order valence-electron chi connectivity index (χ1n) is 6.59. The van der Waals surface area contributed by atoms with Crippen molar-refractivity contribution in [1.82, 2.24) is 14.5 Å². The molecule has 1 atom stereocenters. The molecular weight excluding hydrogens is 274 g/mol. The van der Waals surface area contributed by atoms with Gasteiger partial charge in [-0.15, -0.1) is 11.3 Å². The van der Waals surface area contributed by atoms with E-state index in [0.29, 0.717) is 19.7 Å². The third-order valence-corrected chi connectivity index (χ3v) is 4.26. The van der Waals surface area contributed by atoms with Gasteiger partial charge in [0.05, 0.1) is 23.7 Å². The van der Waals surface area contributed by atoms with Gasteiger partial charge in [0.2, 0.25) is 0 Å². The highest BCUT2D eigenvalue weighted by molar-refractivity contribution is 7.12. The molecule has 1 aliphatic rings. The molecular formula is C14H17N3O2S. The molecule has 0 aromatic carbocycles. The lowest BCUT2D eigenvalue weighted by atomic mass is 10.2. The molecule has 1 fully saturated rings. The molecule has 3 rings (SSSR count). The number of morpholine rings is 1. The van der Waals surface area contributed by atoms with Gasteiger partial charge in [-0.3, -0.25) is 4.79 Å². The third-order valence-electron chi connectivity index (χ3n) is 3.41. The number of hydrogen-bond donors (Lipinski definition) is 0. The maximum atomic E-state index is 12.4. The van der Waals surface area contributed by atoms with Crippen LogP contribution >= 0.6 is 11.3 Å². The molecule has 1 aliphatic heterocycles. The SMILES string of the molecule is Cc1cn(C)c([C@@H]2CN(C(=O)c3cccs3)CCO2)n1. The van der Waals surface area contributed by atoms with E-state index in [1.165, 1.54) is 11.3 Å². The Morgan fingerprint density at radius 2 is 2.40 bits per heavy atom. The number of carbonyl (C=O) groups excluding carboxylic acids is 1. The molecule has 5 nitrogen and oxygen atoms in total. The molecule has 3 heterocycles. The molecule has 0 bridgehead atoms. The van der Waals surface area contributed by atoms with Gasteiger partial charge in [0.1, 0.15) is 11.9 Å². The maximum absolute atomic E-state index is 12.4. The van der Waals surface area contributed by atoms with Gasteiger partial charge in [-0.05, 0) is 18.4 Å². The summed E-state index contributed by atoms with van der Waals surface area (Å²) in [5.41, 5.74) is 0.966. The van der Waals surface area contributed by atoms with E-state index in [0.717, 1.165) is 16.4 Å². The Kier molecular flexibility index (Phi) is 3.58. The molecule has 0 N–H and O–H groups in total. The van der Waals surface area contributed by atoms with Crippen molar-refractivity contribution in [3.8, 4) is 0 Å². The molecule has 6 heteroatoms. The fourth-order valence-electron chi connectivity index (χ4n) is 2.48. The van der Waals surface area contributed by atoms with Crippen LogP contribution < -0.4 is 0 Å². The average Bonchev–Trinajstić information content (AvgIpc) is 3.08. The summed E-state index contributed by atoms with van der Waals surface area (Å²) in [6, 6.07) is 3.76. The van der Waals surface area contributed by atoms with Crippen molar-refractivity contribution in [3.05, 3.63) is 40.1 Å². The number of imidazole rings is 1. The monoisotopic (exact) mass is 291 g/mol. The quantitative estimate of drug-likeness (QED) is 0.850. The molecule has 0 spiro atoms. The fraction of sp³-hybridized carbons (Fsp3) is 0.429. The number of hydrogen-bond acceptors (Lipinski definition) is 4. The molecule has 0 saturated carbocycles. The Hall–Kier alpha value is -1.66. The van der Waals surface area contributed by atoms with Crippen LogP contribution in [0, 0.1) is 6.92 Å². The zero-order valence-corrected chi connectivity index (χ0v) is 12.4. The second-order valence-corrected chi connectivity index (χ2v) is 5.89. The number of aryl methyl sites for hydroxylation is 2. The highest BCUT2D eigenvalue weighted by Gasteiger charge is 2.28. The standard InChI is InChI=1S/C14H17N3O2S/c1-10-8-16(2)13(15-10)11-9-17(5-6-19-11)14(18)12-4-3-7-20-12/h3-4,7-8,11H,5-6,9H2,1-2H3/t11-/m0/s1. The Labute approximate surface area is 121 Å². The number of aromatic nitrogens is 2. The zero-order valence-electron chi connectivity index (χ0n) is 11.6. The molecule has 106 valence electrons. The molecule has 1 amide bonds. The van der Waals surface area contributed by atoms with Gasteiger partial charge in [-0.2, -0.15) is 0 Å². The summed E-state index contributed by atoms with van der Waals surface area (Å²) in [6.07, 6.45) is 1.82. The smallest absolute Gasteiger partial charge is 0.264 e. The van der Waals surface area contributed by atoms with Crippen molar-refractivity contribution in [2.24, 2.45) is 7.05 Å².